The molecule has 0 aliphatic carbocycles. The van der Waals surface area contributed by atoms with Crippen molar-refractivity contribution < 1.29 is 4.39 Å². The molecule has 1 N–H and O–H groups in total. The molecule has 0 radical (unpaired) electrons. The van der Waals surface area contributed by atoms with Gasteiger partial charge in [0.15, 0.2) is 5.79 Å². The largest absolute Gasteiger partial charge is 0.285 e. The van der Waals surface area contributed by atoms with E-state index in [-0.39, 0.29) is 0 Å². The van der Waals surface area contributed by atoms with Gasteiger partial charge in [0.05, 0.1) is 0 Å². The molecule has 0 aromatic carbocycles. The molecular formula is C5H10FN. The number of rotatable bonds is 0. The first-order valence-electron chi connectivity index (χ1n) is 2.65. The van der Waals surface area contributed by atoms with Crippen LogP contribution in [0.2, 0.25) is 0 Å². The second-order valence-corrected chi connectivity index (χ2v) is 2.23. The zero-order valence-corrected chi connectivity index (χ0v) is 4.50. The summed E-state index contributed by atoms with van der Waals surface area (Å²) in [6.45, 7) is 2.42. The molecule has 2 heteroatoms. The van der Waals surface area contributed by atoms with Crippen molar-refractivity contribution in [2.24, 2.45) is 0 Å². The summed E-state index contributed by atoms with van der Waals surface area (Å²) in [5.41, 5.74) is 0. The Morgan fingerprint density at radius 1 is 1.71 bits per heavy atom. The molecule has 0 spiro atoms. The van der Waals surface area contributed by atoms with Gasteiger partial charge in [0.2, 0.25) is 0 Å². The van der Waals surface area contributed by atoms with E-state index in [1.807, 2.05) is 0 Å². The van der Waals surface area contributed by atoms with Gasteiger partial charge in [-0.2, -0.15) is 0 Å². The van der Waals surface area contributed by atoms with Crippen molar-refractivity contribution in [2.45, 2.75) is 25.6 Å². The second-order valence-electron chi connectivity index (χ2n) is 2.23. The number of nitrogens with one attached hydrogen (secondary N) is 1. The molecule has 1 unspecified atom stereocenters. The fourth-order valence-electron chi connectivity index (χ4n) is 0.858. The third-order valence-corrected chi connectivity index (χ3v) is 1.32. The number of hydrogen-bond acceptors (Lipinski definition) is 1. The Morgan fingerprint density at radius 2 is 2.43 bits per heavy atom. The van der Waals surface area contributed by atoms with Crippen molar-refractivity contribution >= 4 is 0 Å². The van der Waals surface area contributed by atoms with E-state index in [1.54, 1.807) is 6.92 Å². The summed E-state index contributed by atoms with van der Waals surface area (Å²) in [5, 5.41) is 2.73. The quantitative estimate of drug-likeness (QED) is 0.452. The van der Waals surface area contributed by atoms with Gasteiger partial charge in [0, 0.05) is 0 Å². The number of halogens is 1. The summed E-state index contributed by atoms with van der Waals surface area (Å²) in [4.78, 5) is 0. The normalized spacial score (nSPS) is 42.0. The second kappa shape index (κ2) is 1.44. The minimum atomic E-state index is -1.06. The zero-order chi connectivity index (χ0) is 5.33. The SMILES string of the molecule is CC1(F)CCCN1. The first kappa shape index (κ1) is 5.04. The molecule has 1 atom stereocenters. The van der Waals surface area contributed by atoms with Crippen molar-refractivity contribution in [1.82, 2.24) is 5.32 Å². The highest BCUT2D eigenvalue weighted by Gasteiger charge is 2.25. The Labute approximate surface area is 42.9 Å². The van der Waals surface area contributed by atoms with Gasteiger partial charge in [-0.05, 0) is 26.3 Å². The number of alkyl halides is 1. The van der Waals surface area contributed by atoms with Crippen LogP contribution in [0.25, 0.3) is 0 Å². The predicted molar refractivity (Wildman–Crippen MR) is 26.7 cm³/mol. The monoisotopic (exact) mass is 103 g/mol. The Hall–Kier alpha value is -0.110. The van der Waals surface area contributed by atoms with Crippen LogP contribution in [0.5, 0.6) is 0 Å². The highest BCUT2D eigenvalue weighted by Crippen LogP contribution is 2.18. The van der Waals surface area contributed by atoms with E-state index >= 15 is 0 Å². The minimum absolute atomic E-state index is 0.674. The van der Waals surface area contributed by atoms with Gasteiger partial charge in [0.1, 0.15) is 0 Å². The molecule has 0 aromatic heterocycles. The Kier molecular flexibility index (Phi) is 1.04. The lowest BCUT2D eigenvalue weighted by atomic mass is 10.2. The third kappa shape index (κ3) is 1.13. The van der Waals surface area contributed by atoms with Gasteiger partial charge >= 0.3 is 0 Å². The Morgan fingerprint density at radius 3 is 2.57 bits per heavy atom. The smallest absolute Gasteiger partial charge is 0.158 e. The van der Waals surface area contributed by atoms with Crippen LogP contribution in [0.4, 0.5) is 4.39 Å². The minimum Gasteiger partial charge on any atom is -0.285 e. The fraction of sp³-hybridized carbons (Fsp3) is 1.00. The van der Waals surface area contributed by atoms with Crippen molar-refractivity contribution in [3.05, 3.63) is 0 Å². The van der Waals surface area contributed by atoms with Crippen LogP contribution in [0.1, 0.15) is 19.8 Å². The van der Waals surface area contributed by atoms with Crippen LogP contribution in [0, 0.1) is 0 Å². The topological polar surface area (TPSA) is 12.0 Å². The lowest BCUT2D eigenvalue weighted by Gasteiger charge is -2.10. The summed E-state index contributed by atoms with van der Waals surface area (Å²) in [6.07, 6.45) is 1.65. The highest BCUT2D eigenvalue weighted by molar-refractivity contribution is 4.76. The predicted octanol–water partition coefficient (Wildman–Crippen LogP) is 1.06. The lowest BCUT2D eigenvalue weighted by molar-refractivity contribution is 0.169. The summed E-state index contributed by atoms with van der Waals surface area (Å²) < 4.78 is 12.5. The van der Waals surface area contributed by atoms with Crippen molar-refractivity contribution in [3.8, 4) is 0 Å². The van der Waals surface area contributed by atoms with Crippen molar-refractivity contribution in [1.29, 1.82) is 0 Å². The van der Waals surface area contributed by atoms with Crippen LogP contribution in [0.15, 0.2) is 0 Å². The van der Waals surface area contributed by atoms with Gasteiger partial charge in [-0.3, -0.25) is 5.32 Å². The van der Waals surface area contributed by atoms with Gasteiger partial charge in [-0.15, -0.1) is 0 Å². The Bertz CT molecular complexity index is 62.5. The molecule has 0 aromatic rings. The first-order valence-corrected chi connectivity index (χ1v) is 2.65. The molecule has 1 saturated heterocycles. The van der Waals surface area contributed by atoms with Crippen LogP contribution < -0.4 is 5.32 Å². The summed E-state index contributed by atoms with van der Waals surface area (Å²) in [5.74, 6) is -1.06. The van der Waals surface area contributed by atoms with Crippen LogP contribution >= 0.6 is 0 Å². The van der Waals surface area contributed by atoms with Crippen LogP contribution in [-0.2, 0) is 0 Å². The molecule has 1 rings (SSSR count). The van der Waals surface area contributed by atoms with Gasteiger partial charge in [0.25, 0.3) is 0 Å². The van der Waals surface area contributed by atoms with E-state index in [9.17, 15) is 4.39 Å². The molecule has 1 aliphatic rings. The molecular weight excluding hydrogens is 93.1 g/mol. The van der Waals surface area contributed by atoms with E-state index in [0.29, 0.717) is 6.42 Å². The summed E-state index contributed by atoms with van der Waals surface area (Å²) in [7, 11) is 0. The van der Waals surface area contributed by atoms with Gasteiger partial charge < -0.3 is 0 Å². The molecule has 1 nitrogen and oxygen atoms in total. The van der Waals surface area contributed by atoms with E-state index in [4.69, 9.17) is 0 Å². The van der Waals surface area contributed by atoms with E-state index in [1.165, 1.54) is 0 Å². The maximum Gasteiger partial charge on any atom is 0.158 e. The fourth-order valence-corrected chi connectivity index (χ4v) is 0.858. The van der Waals surface area contributed by atoms with Crippen molar-refractivity contribution in [2.75, 3.05) is 6.54 Å². The maximum absolute atomic E-state index is 12.5. The van der Waals surface area contributed by atoms with Gasteiger partial charge in [-0.25, -0.2) is 4.39 Å². The standard InChI is InChI=1S/C5H10FN/c1-5(6)3-2-4-7-5/h7H,2-4H2,1H3. The third-order valence-electron chi connectivity index (χ3n) is 1.32. The summed E-state index contributed by atoms with van der Waals surface area (Å²) in [6, 6.07) is 0. The molecule has 1 fully saturated rings. The zero-order valence-electron chi connectivity index (χ0n) is 4.50. The van der Waals surface area contributed by atoms with E-state index < -0.39 is 5.79 Å². The maximum atomic E-state index is 12.5. The molecule has 42 valence electrons. The highest BCUT2D eigenvalue weighted by atomic mass is 19.1. The average Bonchev–Trinajstić information content (AvgIpc) is 1.84. The lowest BCUT2D eigenvalue weighted by Crippen LogP contribution is -2.29. The van der Waals surface area contributed by atoms with Gasteiger partial charge in [-0.1, -0.05) is 0 Å². The molecule has 7 heavy (non-hydrogen) atoms. The molecule has 0 saturated carbocycles. The van der Waals surface area contributed by atoms with E-state index in [0.717, 1.165) is 13.0 Å². The molecule has 1 aliphatic heterocycles. The van der Waals surface area contributed by atoms with Crippen LogP contribution in [-0.4, -0.2) is 12.3 Å². The van der Waals surface area contributed by atoms with Crippen LogP contribution in [0.3, 0.4) is 0 Å². The molecule has 0 amide bonds. The summed E-state index contributed by atoms with van der Waals surface area (Å²) >= 11 is 0. The van der Waals surface area contributed by atoms with Crippen molar-refractivity contribution in [3.63, 3.8) is 0 Å². The molecule has 1 heterocycles. The first-order chi connectivity index (χ1) is 3.21. The average molecular weight is 103 g/mol. The Balaban J connectivity index is 2.40. The number of hydrogen-bond donors (Lipinski definition) is 1. The van der Waals surface area contributed by atoms with E-state index in [2.05, 4.69) is 5.32 Å². The molecule has 0 bridgehead atoms.